The Kier molecular flexibility index (Phi) is 3.59. The number of rotatable bonds is 3. The maximum atomic E-state index is 13.3. The van der Waals surface area contributed by atoms with Crippen LogP contribution in [0.3, 0.4) is 0 Å². The molecule has 6 heteroatoms. The lowest BCUT2D eigenvalue weighted by Gasteiger charge is -2.23. The minimum Gasteiger partial charge on any atom is -0.397 e. The lowest BCUT2D eigenvalue weighted by atomic mass is 10.0. The first-order valence-electron chi connectivity index (χ1n) is 6.88. The van der Waals surface area contributed by atoms with Crippen LogP contribution in [-0.4, -0.2) is 24.7 Å². The molecule has 1 aliphatic rings. The Morgan fingerprint density at radius 1 is 1.57 bits per heavy atom. The van der Waals surface area contributed by atoms with Crippen molar-refractivity contribution in [3.63, 3.8) is 0 Å². The van der Waals surface area contributed by atoms with Crippen LogP contribution in [0, 0.1) is 5.82 Å². The van der Waals surface area contributed by atoms with Gasteiger partial charge in [0.1, 0.15) is 10.7 Å². The Morgan fingerprint density at radius 3 is 3.10 bits per heavy atom. The summed E-state index contributed by atoms with van der Waals surface area (Å²) in [5.74, 6) is -0.586. The summed E-state index contributed by atoms with van der Waals surface area (Å²) in [5, 5.41) is 3.46. The minimum absolute atomic E-state index is 0.231. The highest BCUT2D eigenvalue weighted by atomic mass is 32.1. The van der Waals surface area contributed by atoms with Crippen molar-refractivity contribution in [1.82, 2.24) is 5.32 Å². The van der Waals surface area contributed by atoms with Gasteiger partial charge in [-0.3, -0.25) is 4.79 Å². The molecular weight excluding hydrogens is 291 g/mol. The van der Waals surface area contributed by atoms with E-state index in [-0.39, 0.29) is 17.3 Å². The second-order valence-electron chi connectivity index (χ2n) is 5.57. The maximum absolute atomic E-state index is 13.3. The van der Waals surface area contributed by atoms with E-state index in [1.165, 1.54) is 23.5 Å². The number of amides is 1. The fourth-order valence-electron chi connectivity index (χ4n) is 2.58. The van der Waals surface area contributed by atoms with E-state index in [4.69, 9.17) is 10.5 Å². The predicted octanol–water partition coefficient (Wildman–Crippen LogP) is 2.92. The number of benzene rings is 1. The van der Waals surface area contributed by atoms with E-state index in [2.05, 4.69) is 5.32 Å². The van der Waals surface area contributed by atoms with Gasteiger partial charge in [0.25, 0.3) is 5.91 Å². The highest BCUT2D eigenvalue weighted by Crippen LogP contribution is 2.34. The Labute approximate surface area is 126 Å². The number of carbonyl (C=O) groups excluding carboxylic acids is 1. The molecule has 3 rings (SSSR count). The van der Waals surface area contributed by atoms with Crippen molar-refractivity contribution in [2.45, 2.75) is 25.4 Å². The Morgan fingerprint density at radius 2 is 2.38 bits per heavy atom. The molecule has 4 nitrogen and oxygen atoms in total. The molecule has 112 valence electrons. The molecule has 1 aromatic heterocycles. The molecular formula is C15H17FN2O2S. The number of ether oxygens (including phenoxy) is 1. The van der Waals surface area contributed by atoms with E-state index in [9.17, 15) is 9.18 Å². The van der Waals surface area contributed by atoms with Crippen LogP contribution < -0.4 is 11.1 Å². The maximum Gasteiger partial charge on any atom is 0.263 e. The number of thiophene rings is 1. The summed E-state index contributed by atoms with van der Waals surface area (Å²) in [6.07, 6.45) is 1.94. The Hall–Kier alpha value is -1.66. The van der Waals surface area contributed by atoms with Crippen molar-refractivity contribution in [3.05, 3.63) is 28.9 Å². The molecule has 21 heavy (non-hydrogen) atoms. The highest BCUT2D eigenvalue weighted by Gasteiger charge is 2.30. The fourth-order valence-corrected chi connectivity index (χ4v) is 3.60. The van der Waals surface area contributed by atoms with Gasteiger partial charge in [-0.15, -0.1) is 11.3 Å². The van der Waals surface area contributed by atoms with Crippen molar-refractivity contribution < 1.29 is 13.9 Å². The van der Waals surface area contributed by atoms with Crippen molar-refractivity contribution >= 4 is 33.0 Å². The minimum atomic E-state index is -0.356. The first-order chi connectivity index (χ1) is 9.98. The normalized spacial score (nSPS) is 21.8. The van der Waals surface area contributed by atoms with Crippen LogP contribution in [0.2, 0.25) is 0 Å². The zero-order valence-corrected chi connectivity index (χ0v) is 12.6. The largest absolute Gasteiger partial charge is 0.397 e. The van der Waals surface area contributed by atoms with Gasteiger partial charge >= 0.3 is 0 Å². The number of hydrogen-bond donors (Lipinski definition) is 2. The molecule has 2 heterocycles. The van der Waals surface area contributed by atoms with Crippen LogP contribution in [0.25, 0.3) is 10.1 Å². The summed E-state index contributed by atoms with van der Waals surface area (Å²) in [7, 11) is 0. The molecule has 1 saturated heterocycles. The van der Waals surface area contributed by atoms with Crippen LogP contribution in [0.15, 0.2) is 18.2 Å². The molecule has 1 aliphatic heterocycles. The molecule has 0 bridgehead atoms. The zero-order valence-electron chi connectivity index (χ0n) is 11.7. The van der Waals surface area contributed by atoms with Crippen molar-refractivity contribution in [1.29, 1.82) is 0 Å². The number of nitrogen functional groups attached to an aromatic ring is 1. The molecule has 3 N–H and O–H groups in total. The average molecular weight is 308 g/mol. The van der Waals surface area contributed by atoms with E-state index in [0.29, 0.717) is 22.5 Å². The third-order valence-electron chi connectivity index (χ3n) is 3.82. The predicted molar refractivity (Wildman–Crippen MR) is 82.1 cm³/mol. The summed E-state index contributed by atoms with van der Waals surface area (Å²) in [4.78, 5) is 12.7. The van der Waals surface area contributed by atoms with E-state index < -0.39 is 0 Å². The second kappa shape index (κ2) is 5.27. The van der Waals surface area contributed by atoms with Gasteiger partial charge in [-0.05, 0) is 38.0 Å². The van der Waals surface area contributed by atoms with Gasteiger partial charge in [0.2, 0.25) is 0 Å². The second-order valence-corrected chi connectivity index (χ2v) is 6.62. The number of nitrogens with two attached hydrogens (primary N) is 1. The molecule has 1 fully saturated rings. The van der Waals surface area contributed by atoms with Gasteiger partial charge in [0, 0.05) is 23.2 Å². The first kappa shape index (κ1) is 14.3. The lowest BCUT2D eigenvalue weighted by molar-refractivity contribution is 0.0206. The molecule has 0 saturated carbocycles. The van der Waals surface area contributed by atoms with Crippen molar-refractivity contribution in [3.8, 4) is 0 Å². The van der Waals surface area contributed by atoms with Gasteiger partial charge in [0.15, 0.2) is 0 Å². The van der Waals surface area contributed by atoms with Crippen LogP contribution in [0.5, 0.6) is 0 Å². The standard InChI is InChI=1S/C15H17FN2O2S/c1-15(5-2-6-20-15)8-18-14(19)13-12(17)10-7-9(16)3-4-11(10)21-13/h3-4,7H,2,5-6,8,17H2,1H3,(H,18,19). The molecule has 1 aromatic carbocycles. The third-order valence-corrected chi connectivity index (χ3v) is 5.00. The van der Waals surface area contributed by atoms with Crippen LogP contribution in [0.1, 0.15) is 29.4 Å². The summed E-state index contributed by atoms with van der Waals surface area (Å²) >= 11 is 1.28. The van der Waals surface area contributed by atoms with E-state index in [1.54, 1.807) is 6.07 Å². The molecule has 0 spiro atoms. The van der Waals surface area contributed by atoms with Gasteiger partial charge in [-0.2, -0.15) is 0 Å². The number of halogens is 1. The molecule has 1 unspecified atom stereocenters. The number of nitrogens with one attached hydrogen (secondary N) is 1. The third kappa shape index (κ3) is 2.73. The summed E-state index contributed by atoms with van der Waals surface area (Å²) in [5.41, 5.74) is 6.02. The lowest BCUT2D eigenvalue weighted by Crippen LogP contribution is -2.40. The highest BCUT2D eigenvalue weighted by molar-refractivity contribution is 7.21. The van der Waals surface area contributed by atoms with E-state index >= 15 is 0 Å². The number of anilines is 1. The summed E-state index contributed by atoms with van der Waals surface area (Å²) < 4.78 is 19.7. The van der Waals surface area contributed by atoms with Crippen LogP contribution >= 0.6 is 11.3 Å². The topological polar surface area (TPSA) is 64.4 Å². The molecule has 0 aliphatic carbocycles. The number of fused-ring (bicyclic) bond motifs is 1. The Balaban J connectivity index is 1.80. The first-order valence-corrected chi connectivity index (χ1v) is 7.70. The molecule has 2 aromatic rings. The van der Waals surface area contributed by atoms with Gasteiger partial charge in [-0.25, -0.2) is 4.39 Å². The average Bonchev–Trinajstić information content (AvgIpc) is 3.02. The molecule has 1 atom stereocenters. The van der Waals surface area contributed by atoms with Gasteiger partial charge in [-0.1, -0.05) is 0 Å². The van der Waals surface area contributed by atoms with E-state index in [1.807, 2.05) is 6.92 Å². The van der Waals surface area contributed by atoms with Gasteiger partial charge in [0.05, 0.1) is 11.3 Å². The fraction of sp³-hybridized carbons (Fsp3) is 0.400. The van der Waals surface area contributed by atoms with Gasteiger partial charge < -0.3 is 15.8 Å². The molecule has 1 amide bonds. The number of hydrogen-bond acceptors (Lipinski definition) is 4. The van der Waals surface area contributed by atoms with Crippen molar-refractivity contribution in [2.24, 2.45) is 0 Å². The van der Waals surface area contributed by atoms with Crippen molar-refractivity contribution in [2.75, 3.05) is 18.9 Å². The number of carbonyl (C=O) groups is 1. The van der Waals surface area contributed by atoms with E-state index in [0.717, 1.165) is 24.1 Å². The quantitative estimate of drug-likeness (QED) is 0.916. The Bertz CT molecular complexity index is 692. The zero-order chi connectivity index (χ0) is 15.0. The van der Waals surface area contributed by atoms with Crippen LogP contribution in [0.4, 0.5) is 10.1 Å². The summed E-state index contributed by atoms with van der Waals surface area (Å²) in [6.45, 7) is 3.18. The summed E-state index contributed by atoms with van der Waals surface area (Å²) in [6, 6.07) is 4.37. The van der Waals surface area contributed by atoms with Crippen LogP contribution in [-0.2, 0) is 4.74 Å². The SMILES string of the molecule is CC1(CNC(=O)c2sc3ccc(F)cc3c2N)CCCO1. The smallest absolute Gasteiger partial charge is 0.263 e. The monoisotopic (exact) mass is 308 g/mol. The molecule has 0 radical (unpaired) electrons.